The number of aliphatic hydroxyl groups is 5. The van der Waals surface area contributed by atoms with E-state index in [0.29, 0.717) is 5.69 Å². The van der Waals surface area contributed by atoms with Gasteiger partial charge in [0.1, 0.15) is 12.2 Å². The minimum absolute atomic E-state index is 0.0965. The van der Waals surface area contributed by atoms with Gasteiger partial charge in [-0.3, -0.25) is 9.97 Å². The Kier molecular flexibility index (Phi) is 5.39. The predicted octanol–water partition coefficient (Wildman–Crippen LogP) is -2.24. The Morgan fingerprint density at radius 1 is 1.06 bits per heavy atom. The highest BCUT2D eigenvalue weighted by molar-refractivity contribution is 5.08. The molecule has 5 N–H and O–H groups in total. The topological polar surface area (TPSA) is 127 Å². The van der Waals surface area contributed by atoms with E-state index < -0.39 is 31.5 Å². The minimum atomic E-state index is -1.33. The van der Waals surface area contributed by atoms with Crippen LogP contribution in [-0.4, -0.2) is 60.9 Å². The van der Waals surface area contributed by atoms with Crippen LogP contribution in [0.25, 0.3) is 0 Å². The molecule has 1 aromatic rings. The molecule has 0 radical (unpaired) electrons. The van der Waals surface area contributed by atoms with Gasteiger partial charge in [-0.05, 0) is 0 Å². The van der Waals surface area contributed by atoms with Crippen molar-refractivity contribution in [3.8, 4) is 0 Å². The van der Waals surface area contributed by atoms with Gasteiger partial charge in [-0.2, -0.15) is 0 Å². The lowest BCUT2D eigenvalue weighted by atomic mass is 10.1. The number of hydrogen-bond acceptors (Lipinski definition) is 7. The largest absolute Gasteiger partial charge is 0.394 e. The Bertz CT molecular complexity index is 349. The first-order valence-corrected chi connectivity index (χ1v) is 5.15. The number of rotatable bonds is 6. The summed E-state index contributed by atoms with van der Waals surface area (Å²) in [6.45, 7) is -0.986. The third kappa shape index (κ3) is 3.99. The van der Waals surface area contributed by atoms with E-state index in [1.165, 1.54) is 12.4 Å². The van der Waals surface area contributed by atoms with Gasteiger partial charge in [-0.15, -0.1) is 0 Å². The van der Waals surface area contributed by atoms with Crippen LogP contribution in [0.3, 0.4) is 0 Å². The van der Waals surface area contributed by atoms with Gasteiger partial charge in [0.05, 0.1) is 36.9 Å². The van der Waals surface area contributed by atoms with Gasteiger partial charge in [0.25, 0.3) is 0 Å². The second kappa shape index (κ2) is 6.58. The summed E-state index contributed by atoms with van der Waals surface area (Å²) >= 11 is 0. The zero-order valence-corrected chi connectivity index (χ0v) is 9.14. The van der Waals surface area contributed by atoms with Crippen molar-refractivity contribution in [3.63, 3.8) is 0 Å². The number of nitrogens with zero attached hydrogens (tertiary/aromatic N) is 2. The summed E-state index contributed by atoms with van der Waals surface area (Å²) in [5.41, 5.74) is 0.488. The Balaban J connectivity index is 2.78. The predicted molar refractivity (Wildman–Crippen MR) is 56.9 cm³/mol. The Labute approximate surface area is 98.0 Å². The number of hydrogen-bond donors (Lipinski definition) is 5. The second-order valence-corrected chi connectivity index (χ2v) is 3.67. The molecular formula is C10H16N2O5. The van der Waals surface area contributed by atoms with Crippen LogP contribution < -0.4 is 0 Å². The van der Waals surface area contributed by atoms with Crippen molar-refractivity contribution in [1.29, 1.82) is 0 Å². The van der Waals surface area contributed by atoms with Crippen LogP contribution in [0.5, 0.6) is 0 Å². The van der Waals surface area contributed by atoms with E-state index in [9.17, 15) is 15.3 Å². The molecule has 3 atom stereocenters. The quantitative estimate of drug-likeness (QED) is 0.383. The molecule has 3 unspecified atom stereocenters. The van der Waals surface area contributed by atoms with Crippen LogP contribution in [0.2, 0.25) is 0 Å². The Morgan fingerprint density at radius 2 is 1.76 bits per heavy atom. The smallest absolute Gasteiger partial charge is 0.126 e. The maximum atomic E-state index is 9.58. The monoisotopic (exact) mass is 244 g/mol. The molecule has 0 spiro atoms. The highest BCUT2D eigenvalue weighted by Crippen LogP contribution is 2.14. The van der Waals surface area contributed by atoms with Gasteiger partial charge < -0.3 is 25.5 Å². The lowest BCUT2D eigenvalue weighted by Crippen LogP contribution is -2.24. The number of aromatic nitrogens is 2. The van der Waals surface area contributed by atoms with E-state index >= 15 is 0 Å². The lowest BCUT2D eigenvalue weighted by Gasteiger charge is -2.15. The van der Waals surface area contributed by atoms with Gasteiger partial charge >= 0.3 is 0 Å². The molecule has 1 rings (SSSR count). The van der Waals surface area contributed by atoms with Crippen molar-refractivity contribution in [2.45, 2.75) is 24.7 Å². The van der Waals surface area contributed by atoms with Gasteiger partial charge in [-0.1, -0.05) is 0 Å². The summed E-state index contributed by atoms with van der Waals surface area (Å²) in [5.74, 6) is 0. The molecule has 96 valence electrons. The molecule has 0 aromatic carbocycles. The van der Waals surface area contributed by atoms with Crippen LogP contribution in [0.15, 0.2) is 12.4 Å². The average Bonchev–Trinajstić information content (AvgIpc) is 2.37. The average molecular weight is 244 g/mol. The molecule has 0 aliphatic carbocycles. The van der Waals surface area contributed by atoms with Crippen LogP contribution in [-0.2, 0) is 6.42 Å². The molecule has 17 heavy (non-hydrogen) atoms. The third-order valence-corrected chi connectivity index (χ3v) is 2.21. The van der Waals surface area contributed by atoms with Gasteiger partial charge in [0.2, 0.25) is 0 Å². The maximum absolute atomic E-state index is 9.58. The maximum Gasteiger partial charge on any atom is 0.126 e. The molecule has 7 heteroatoms. The summed E-state index contributed by atoms with van der Waals surface area (Å²) in [5, 5.41) is 45.4. The fourth-order valence-electron chi connectivity index (χ4n) is 1.27. The zero-order valence-electron chi connectivity index (χ0n) is 9.14. The van der Waals surface area contributed by atoms with Gasteiger partial charge in [0.15, 0.2) is 0 Å². The first-order chi connectivity index (χ1) is 8.08. The molecule has 0 saturated carbocycles. The van der Waals surface area contributed by atoms with Crippen molar-refractivity contribution in [2.24, 2.45) is 0 Å². The van der Waals surface area contributed by atoms with E-state index in [1.807, 2.05) is 0 Å². The van der Waals surface area contributed by atoms with Crippen LogP contribution >= 0.6 is 0 Å². The molecule has 7 nitrogen and oxygen atoms in total. The normalized spacial score (nSPS) is 16.5. The summed E-state index contributed by atoms with van der Waals surface area (Å²) in [4.78, 5) is 7.78. The zero-order chi connectivity index (χ0) is 12.8. The van der Waals surface area contributed by atoms with Crippen molar-refractivity contribution >= 4 is 0 Å². The second-order valence-electron chi connectivity index (χ2n) is 3.67. The van der Waals surface area contributed by atoms with E-state index in [4.69, 9.17) is 10.2 Å². The highest BCUT2D eigenvalue weighted by atomic mass is 16.4. The molecule has 0 saturated heterocycles. The van der Waals surface area contributed by atoms with E-state index in [1.54, 1.807) is 0 Å². The summed E-state index contributed by atoms with van der Waals surface area (Å²) in [7, 11) is 0. The third-order valence-electron chi connectivity index (χ3n) is 2.21. The summed E-state index contributed by atoms with van der Waals surface area (Å²) in [6.07, 6.45) is -0.863. The van der Waals surface area contributed by atoms with E-state index in [0.717, 1.165) is 0 Å². The van der Waals surface area contributed by atoms with Crippen molar-refractivity contribution < 1.29 is 25.5 Å². The lowest BCUT2D eigenvalue weighted by molar-refractivity contribution is -0.0176. The SMILES string of the molecule is OCC(O)Cc1cncc(C(O)C(O)CO)n1. The Hall–Kier alpha value is -1.12. The van der Waals surface area contributed by atoms with E-state index in [-0.39, 0.29) is 12.1 Å². The molecule has 0 aliphatic rings. The van der Waals surface area contributed by atoms with Crippen molar-refractivity contribution in [3.05, 3.63) is 23.8 Å². The van der Waals surface area contributed by atoms with Crippen molar-refractivity contribution in [2.75, 3.05) is 13.2 Å². The molecule has 1 heterocycles. The van der Waals surface area contributed by atoms with Gasteiger partial charge in [0, 0.05) is 12.6 Å². The van der Waals surface area contributed by atoms with Gasteiger partial charge in [-0.25, -0.2) is 0 Å². The molecule has 0 fully saturated rings. The van der Waals surface area contributed by atoms with Crippen LogP contribution in [0, 0.1) is 0 Å². The molecule has 0 amide bonds. The van der Waals surface area contributed by atoms with Crippen LogP contribution in [0.1, 0.15) is 17.5 Å². The summed E-state index contributed by atoms with van der Waals surface area (Å²) < 4.78 is 0. The standard InChI is InChI=1S/C10H16N2O5/c13-4-7(15)1-6-2-11-3-8(12-6)10(17)9(16)5-14/h2-3,7,9-10,13-17H,1,4-5H2. The fraction of sp³-hybridized carbons (Fsp3) is 0.600. The van der Waals surface area contributed by atoms with E-state index in [2.05, 4.69) is 9.97 Å². The molecular weight excluding hydrogens is 228 g/mol. The molecule has 0 aliphatic heterocycles. The highest BCUT2D eigenvalue weighted by Gasteiger charge is 2.19. The first-order valence-electron chi connectivity index (χ1n) is 5.15. The fourth-order valence-corrected chi connectivity index (χ4v) is 1.27. The molecule has 0 bridgehead atoms. The van der Waals surface area contributed by atoms with Crippen molar-refractivity contribution in [1.82, 2.24) is 9.97 Å². The summed E-state index contributed by atoms with van der Waals surface area (Å²) in [6, 6.07) is 0. The van der Waals surface area contributed by atoms with Crippen LogP contribution in [0.4, 0.5) is 0 Å². The first kappa shape index (κ1) is 13.9. The number of aliphatic hydroxyl groups excluding tert-OH is 5. The minimum Gasteiger partial charge on any atom is -0.394 e. The Morgan fingerprint density at radius 3 is 2.35 bits per heavy atom. The molecule has 1 aromatic heterocycles.